The Morgan fingerprint density at radius 1 is 0.893 bits per heavy atom. The minimum atomic E-state index is -0.747. The van der Waals surface area contributed by atoms with Gasteiger partial charge in [-0.25, -0.2) is 4.79 Å². The van der Waals surface area contributed by atoms with Gasteiger partial charge in [-0.1, -0.05) is 60.2 Å². The Balaban J connectivity index is 1.80. The minimum absolute atomic E-state index is 0.140. The lowest BCUT2D eigenvalue weighted by Crippen LogP contribution is -2.63. The molecule has 3 aromatic carbocycles. The molecule has 2 heterocycles. The first-order valence-corrected chi connectivity index (χ1v) is 9.41. The van der Waals surface area contributed by atoms with Gasteiger partial charge in [0.15, 0.2) is 5.66 Å². The zero-order valence-corrected chi connectivity index (χ0v) is 15.9. The van der Waals surface area contributed by atoms with Crippen molar-refractivity contribution >= 4 is 29.2 Å². The average Bonchev–Trinajstić information content (AvgIpc) is 2.72. The van der Waals surface area contributed by atoms with E-state index in [1.54, 1.807) is 0 Å². The number of rotatable bonds is 1. The largest absolute Gasteiger partial charge is 0.344 e. The van der Waals surface area contributed by atoms with Gasteiger partial charge >= 0.3 is 6.03 Å². The Morgan fingerprint density at radius 3 is 2.43 bits per heavy atom. The number of hydrogen-bond acceptors (Lipinski definition) is 2. The molecule has 0 fully saturated rings. The highest BCUT2D eigenvalue weighted by Crippen LogP contribution is 2.48. The number of anilines is 3. The molecule has 1 spiro atoms. The number of likely N-dealkylation sites (N-methyl/N-ethyl adjacent to an activating group) is 1. The molecule has 4 heteroatoms. The molecule has 2 aliphatic heterocycles. The number of carbonyl (C=O) groups is 1. The van der Waals surface area contributed by atoms with Crippen molar-refractivity contribution in [1.82, 2.24) is 0 Å². The van der Waals surface area contributed by atoms with Gasteiger partial charge in [-0.3, -0.25) is 4.90 Å². The number of nitrogens with one attached hydrogen (secondary N) is 1. The zero-order valence-electron chi connectivity index (χ0n) is 15.9. The predicted octanol–water partition coefficient (Wildman–Crippen LogP) is 5.36. The lowest BCUT2D eigenvalue weighted by molar-refractivity contribution is 0.250. The molecule has 28 heavy (non-hydrogen) atoms. The topological polar surface area (TPSA) is 35.6 Å². The van der Waals surface area contributed by atoms with Crippen molar-refractivity contribution in [3.63, 3.8) is 0 Å². The van der Waals surface area contributed by atoms with Gasteiger partial charge in [-0.15, -0.1) is 0 Å². The van der Waals surface area contributed by atoms with Crippen molar-refractivity contribution in [3.05, 3.63) is 95.6 Å². The molecule has 138 valence electrons. The summed E-state index contributed by atoms with van der Waals surface area (Å²) in [5, 5.41) is 3.07. The van der Waals surface area contributed by atoms with E-state index >= 15 is 0 Å². The van der Waals surface area contributed by atoms with Gasteiger partial charge in [-0.05, 0) is 42.8 Å². The second kappa shape index (κ2) is 5.99. The molecule has 0 radical (unpaired) electrons. The van der Waals surface area contributed by atoms with E-state index in [2.05, 4.69) is 47.6 Å². The van der Waals surface area contributed by atoms with E-state index < -0.39 is 5.66 Å². The molecule has 2 amide bonds. The molecular formula is C24H21N3O. The van der Waals surface area contributed by atoms with Gasteiger partial charge in [0.1, 0.15) is 0 Å². The summed E-state index contributed by atoms with van der Waals surface area (Å²) >= 11 is 0. The molecular weight excluding hydrogens is 346 g/mol. The fourth-order valence-corrected chi connectivity index (χ4v) is 4.30. The summed E-state index contributed by atoms with van der Waals surface area (Å²) in [6.07, 6.45) is 4.25. The van der Waals surface area contributed by atoms with Gasteiger partial charge in [0.2, 0.25) is 0 Å². The van der Waals surface area contributed by atoms with E-state index in [4.69, 9.17) is 0 Å². The predicted molar refractivity (Wildman–Crippen MR) is 115 cm³/mol. The van der Waals surface area contributed by atoms with Gasteiger partial charge < -0.3 is 10.2 Å². The van der Waals surface area contributed by atoms with Crippen molar-refractivity contribution in [2.24, 2.45) is 0 Å². The monoisotopic (exact) mass is 367 g/mol. The summed E-state index contributed by atoms with van der Waals surface area (Å²) in [5.41, 5.74) is 5.38. The van der Waals surface area contributed by atoms with E-state index in [9.17, 15) is 4.79 Å². The number of amides is 2. The first kappa shape index (κ1) is 16.6. The SMILES string of the molecule is Cc1ccc(N2C(=O)Nc3ccccc3C23C=Cc2ccccc2N3C)cc1. The fourth-order valence-electron chi connectivity index (χ4n) is 4.30. The highest BCUT2D eigenvalue weighted by atomic mass is 16.2. The standard InChI is InChI=1S/C24H21N3O/c1-17-11-13-19(14-12-17)27-23(28)25-21-9-5-4-8-20(21)24(27)16-15-18-7-3-6-10-22(18)26(24)2/h3-16H,1-2H3,(H,25,28). The maximum absolute atomic E-state index is 13.3. The first-order chi connectivity index (χ1) is 13.6. The van der Waals surface area contributed by atoms with E-state index in [0.717, 1.165) is 33.8 Å². The number of hydrogen-bond donors (Lipinski definition) is 1. The number of carbonyl (C=O) groups excluding carboxylic acids is 1. The van der Waals surface area contributed by atoms with Crippen molar-refractivity contribution in [2.75, 3.05) is 22.2 Å². The summed E-state index contributed by atoms with van der Waals surface area (Å²) in [4.78, 5) is 17.4. The van der Waals surface area contributed by atoms with Gasteiger partial charge in [0, 0.05) is 24.0 Å². The van der Waals surface area contributed by atoms with Crippen LogP contribution in [0.25, 0.3) is 6.08 Å². The summed E-state index contributed by atoms with van der Waals surface area (Å²) in [5.74, 6) is 0. The second-order valence-corrected chi connectivity index (χ2v) is 7.32. The highest BCUT2D eigenvalue weighted by Gasteiger charge is 2.50. The smallest absolute Gasteiger partial charge is 0.328 e. The van der Waals surface area contributed by atoms with Gasteiger partial charge in [0.05, 0.1) is 5.69 Å². The van der Waals surface area contributed by atoms with Crippen LogP contribution in [0.2, 0.25) is 0 Å². The van der Waals surface area contributed by atoms with Crippen LogP contribution in [0.1, 0.15) is 16.7 Å². The molecule has 0 aromatic heterocycles. The van der Waals surface area contributed by atoms with E-state index in [0.29, 0.717) is 0 Å². The van der Waals surface area contributed by atoms with Crippen LogP contribution in [0.15, 0.2) is 78.9 Å². The quantitative estimate of drug-likeness (QED) is 0.628. The molecule has 0 saturated heterocycles. The normalized spacial score (nSPS) is 20.0. The number of aryl methyl sites for hydroxylation is 1. The first-order valence-electron chi connectivity index (χ1n) is 9.41. The molecule has 2 aliphatic rings. The molecule has 5 rings (SSSR count). The lowest BCUT2D eigenvalue weighted by atomic mass is 9.87. The molecule has 1 atom stereocenters. The van der Waals surface area contributed by atoms with Crippen LogP contribution in [-0.2, 0) is 5.66 Å². The lowest BCUT2D eigenvalue weighted by Gasteiger charge is -2.53. The van der Waals surface area contributed by atoms with Crippen molar-refractivity contribution < 1.29 is 4.79 Å². The highest BCUT2D eigenvalue weighted by molar-refractivity contribution is 6.08. The van der Waals surface area contributed by atoms with Gasteiger partial charge in [0.25, 0.3) is 0 Å². The maximum atomic E-state index is 13.3. The third-order valence-electron chi connectivity index (χ3n) is 5.71. The maximum Gasteiger partial charge on any atom is 0.328 e. The Morgan fingerprint density at radius 2 is 1.61 bits per heavy atom. The van der Waals surface area contributed by atoms with Crippen molar-refractivity contribution in [1.29, 1.82) is 0 Å². The number of benzene rings is 3. The fraction of sp³-hybridized carbons (Fsp3) is 0.125. The van der Waals surface area contributed by atoms with E-state index in [1.165, 1.54) is 0 Å². The van der Waals surface area contributed by atoms with E-state index in [1.807, 2.05) is 66.4 Å². The van der Waals surface area contributed by atoms with Crippen LogP contribution in [0.4, 0.5) is 21.9 Å². The average molecular weight is 367 g/mol. The zero-order chi connectivity index (χ0) is 19.3. The number of nitrogens with zero attached hydrogens (tertiary/aromatic N) is 2. The molecule has 0 aliphatic carbocycles. The Bertz CT molecular complexity index is 1100. The molecule has 1 unspecified atom stereocenters. The van der Waals surface area contributed by atoms with Crippen LogP contribution in [0.3, 0.4) is 0 Å². The van der Waals surface area contributed by atoms with Gasteiger partial charge in [-0.2, -0.15) is 0 Å². The Labute approximate surface area is 164 Å². The number of para-hydroxylation sites is 2. The summed E-state index contributed by atoms with van der Waals surface area (Å²) < 4.78 is 0. The summed E-state index contributed by atoms with van der Waals surface area (Å²) in [6, 6.07) is 24.2. The van der Waals surface area contributed by atoms with Crippen LogP contribution in [-0.4, -0.2) is 13.1 Å². The summed E-state index contributed by atoms with van der Waals surface area (Å²) in [6.45, 7) is 2.05. The summed E-state index contributed by atoms with van der Waals surface area (Å²) in [7, 11) is 2.05. The molecule has 1 N–H and O–H groups in total. The molecule has 0 saturated carbocycles. The minimum Gasteiger partial charge on any atom is -0.344 e. The Hall–Kier alpha value is -3.53. The van der Waals surface area contributed by atoms with Crippen molar-refractivity contribution in [2.45, 2.75) is 12.6 Å². The van der Waals surface area contributed by atoms with E-state index in [-0.39, 0.29) is 6.03 Å². The third kappa shape index (κ3) is 2.21. The molecule has 4 nitrogen and oxygen atoms in total. The van der Waals surface area contributed by atoms with Crippen LogP contribution >= 0.6 is 0 Å². The van der Waals surface area contributed by atoms with Crippen molar-refractivity contribution in [3.8, 4) is 0 Å². The molecule has 0 bridgehead atoms. The third-order valence-corrected chi connectivity index (χ3v) is 5.71. The number of urea groups is 1. The molecule has 3 aromatic rings. The van der Waals surface area contributed by atoms with Crippen LogP contribution in [0, 0.1) is 6.92 Å². The van der Waals surface area contributed by atoms with Crippen LogP contribution in [0.5, 0.6) is 0 Å². The Kier molecular flexibility index (Phi) is 3.56. The second-order valence-electron chi connectivity index (χ2n) is 7.32. The number of fused-ring (bicyclic) bond motifs is 3. The van der Waals surface area contributed by atoms with Crippen LogP contribution < -0.4 is 15.1 Å².